The average Bonchev–Trinajstić information content (AvgIpc) is 2.30. The number of rotatable bonds is 2. The summed E-state index contributed by atoms with van der Waals surface area (Å²) in [5.41, 5.74) is 0.823. The molecule has 0 saturated carbocycles. The summed E-state index contributed by atoms with van der Waals surface area (Å²) in [7, 11) is 0. The fourth-order valence-corrected chi connectivity index (χ4v) is 2.53. The molecule has 1 saturated heterocycles. The maximum atomic E-state index is 6.08. The third-order valence-corrected chi connectivity index (χ3v) is 3.43. The van der Waals surface area contributed by atoms with Crippen molar-refractivity contribution in [3.63, 3.8) is 0 Å². The van der Waals surface area contributed by atoms with Crippen LogP contribution in [0.15, 0.2) is 0 Å². The van der Waals surface area contributed by atoms with Crippen LogP contribution >= 0.6 is 23.2 Å². The zero-order valence-corrected chi connectivity index (χ0v) is 10.7. The van der Waals surface area contributed by atoms with Gasteiger partial charge in [-0.3, -0.25) is 0 Å². The van der Waals surface area contributed by atoms with E-state index >= 15 is 0 Å². The van der Waals surface area contributed by atoms with E-state index in [2.05, 4.69) is 9.97 Å². The molecule has 1 unspecified atom stereocenters. The highest BCUT2D eigenvalue weighted by Gasteiger charge is 2.21. The highest BCUT2D eigenvalue weighted by Crippen LogP contribution is 2.28. The first-order valence-corrected chi connectivity index (χ1v) is 6.27. The van der Waals surface area contributed by atoms with E-state index in [0.717, 1.165) is 31.4 Å². The van der Waals surface area contributed by atoms with Crippen molar-refractivity contribution >= 4 is 23.2 Å². The molecule has 2 rings (SSSR count). The molecule has 16 heavy (non-hydrogen) atoms. The van der Waals surface area contributed by atoms with Crippen LogP contribution in [0.3, 0.4) is 0 Å². The minimum Gasteiger partial charge on any atom is -0.381 e. The molecule has 1 aromatic rings. The first-order chi connectivity index (χ1) is 7.72. The van der Waals surface area contributed by atoms with E-state index in [-0.39, 0.29) is 5.92 Å². The Morgan fingerprint density at radius 2 is 2.00 bits per heavy atom. The van der Waals surface area contributed by atoms with E-state index in [1.54, 1.807) is 0 Å². The monoisotopic (exact) mass is 260 g/mol. The molecular formula is C11H14Cl2N2O. The summed E-state index contributed by atoms with van der Waals surface area (Å²) < 4.78 is 5.41. The van der Waals surface area contributed by atoms with Crippen LogP contribution in [0.2, 0.25) is 10.3 Å². The van der Waals surface area contributed by atoms with Gasteiger partial charge in [0.1, 0.15) is 16.1 Å². The normalized spacial score (nSPS) is 21.1. The average molecular weight is 261 g/mol. The summed E-state index contributed by atoms with van der Waals surface area (Å²) in [6.45, 7) is 3.48. The van der Waals surface area contributed by atoms with Crippen molar-refractivity contribution in [3.05, 3.63) is 21.7 Å². The molecule has 0 aliphatic carbocycles. The standard InChI is InChI=1S/C11H14Cl2N2O/c1-2-8-9(12)14-11(15-10(8)13)7-4-3-5-16-6-7/h7H,2-6H2,1H3. The topological polar surface area (TPSA) is 35.0 Å². The number of ether oxygens (including phenoxy) is 1. The van der Waals surface area contributed by atoms with Gasteiger partial charge in [0.15, 0.2) is 0 Å². The van der Waals surface area contributed by atoms with Gasteiger partial charge in [-0.2, -0.15) is 0 Å². The van der Waals surface area contributed by atoms with E-state index in [0.29, 0.717) is 22.7 Å². The smallest absolute Gasteiger partial charge is 0.137 e. The number of aromatic nitrogens is 2. The molecule has 0 radical (unpaired) electrons. The van der Waals surface area contributed by atoms with Gasteiger partial charge in [0.05, 0.1) is 6.61 Å². The molecular weight excluding hydrogens is 247 g/mol. The summed E-state index contributed by atoms with van der Waals surface area (Å²) in [6, 6.07) is 0. The first kappa shape index (κ1) is 12.1. The predicted molar refractivity (Wildman–Crippen MR) is 64.2 cm³/mol. The van der Waals surface area contributed by atoms with Crippen LogP contribution in [0.4, 0.5) is 0 Å². The molecule has 1 fully saturated rings. The Hall–Kier alpha value is -0.380. The first-order valence-electron chi connectivity index (χ1n) is 5.52. The fourth-order valence-electron chi connectivity index (χ4n) is 1.86. The molecule has 88 valence electrons. The van der Waals surface area contributed by atoms with Crippen LogP contribution < -0.4 is 0 Å². The highest BCUT2D eigenvalue weighted by molar-refractivity contribution is 6.34. The van der Waals surface area contributed by atoms with Crippen molar-refractivity contribution in [1.29, 1.82) is 0 Å². The van der Waals surface area contributed by atoms with Crippen molar-refractivity contribution < 1.29 is 4.74 Å². The van der Waals surface area contributed by atoms with Crippen molar-refractivity contribution in [2.45, 2.75) is 32.1 Å². The van der Waals surface area contributed by atoms with Crippen molar-refractivity contribution in [3.8, 4) is 0 Å². The van der Waals surface area contributed by atoms with E-state index in [1.807, 2.05) is 6.92 Å². The lowest BCUT2D eigenvalue weighted by molar-refractivity contribution is 0.0780. The second-order valence-electron chi connectivity index (χ2n) is 3.91. The van der Waals surface area contributed by atoms with E-state index < -0.39 is 0 Å². The van der Waals surface area contributed by atoms with Gasteiger partial charge < -0.3 is 4.74 Å². The summed E-state index contributed by atoms with van der Waals surface area (Å²) >= 11 is 12.2. The molecule has 0 aromatic carbocycles. The lowest BCUT2D eigenvalue weighted by Gasteiger charge is -2.21. The lowest BCUT2D eigenvalue weighted by atomic mass is 10.0. The molecule has 5 heteroatoms. The molecule has 3 nitrogen and oxygen atoms in total. The zero-order chi connectivity index (χ0) is 11.5. The van der Waals surface area contributed by atoms with Crippen LogP contribution in [0, 0.1) is 0 Å². The van der Waals surface area contributed by atoms with Gasteiger partial charge >= 0.3 is 0 Å². The van der Waals surface area contributed by atoms with Crippen LogP contribution in [-0.2, 0) is 11.2 Å². The second kappa shape index (κ2) is 5.30. The summed E-state index contributed by atoms with van der Waals surface area (Å²) in [6.07, 6.45) is 2.83. The van der Waals surface area contributed by atoms with Gasteiger partial charge in [-0.15, -0.1) is 0 Å². The Kier molecular flexibility index (Phi) is 4.00. The third kappa shape index (κ3) is 2.47. The Balaban J connectivity index is 2.28. The van der Waals surface area contributed by atoms with Crippen LogP contribution in [0.5, 0.6) is 0 Å². The second-order valence-corrected chi connectivity index (χ2v) is 4.63. The van der Waals surface area contributed by atoms with Gasteiger partial charge in [-0.05, 0) is 19.3 Å². The number of hydrogen-bond donors (Lipinski definition) is 0. The molecule has 1 aliphatic rings. The van der Waals surface area contributed by atoms with Crippen LogP contribution in [0.1, 0.15) is 37.1 Å². The van der Waals surface area contributed by atoms with E-state index in [9.17, 15) is 0 Å². The minimum atomic E-state index is 0.231. The molecule has 2 heterocycles. The fraction of sp³-hybridized carbons (Fsp3) is 0.636. The van der Waals surface area contributed by atoms with Crippen molar-refractivity contribution in [1.82, 2.24) is 9.97 Å². The van der Waals surface area contributed by atoms with Crippen LogP contribution in [-0.4, -0.2) is 23.2 Å². The predicted octanol–water partition coefficient (Wildman–Crippen LogP) is 3.24. The summed E-state index contributed by atoms with van der Waals surface area (Å²) in [4.78, 5) is 8.64. The number of nitrogens with zero attached hydrogens (tertiary/aromatic N) is 2. The summed E-state index contributed by atoms with van der Waals surface area (Å²) in [5.74, 6) is 0.946. The van der Waals surface area contributed by atoms with E-state index in [1.165, 1.54) is 0 Å². The Bertz CT molecular complexity index is 355. The van der Waals surface area contributed by atoms with Gasteiger partial charge in [-0.25, -0.2) is 9.97 Å². The Morgan fingerprint density at radius 1 is 1.31 bits per heavy atom. The van der Waals surface area contributed by atoms with Crippen molar-refractivity contribution in [2.24, 2.45) is 0 Å². The van der Waals surface area contributed by atoms with Gasteiger partial charge in [-0.1, -0.05) is 30.1 Å². The Morgan fingerprint density at radius 3 is 2.50 bits per heavy atom. The molecule has 1 aliphatic heterocycles. The zero-order valence-electron chi connectivity index (χ0n) is 9.17. The largest absolute Gasteiger partial charge is 0.381 e. The molecule has 1 aromatic heterocycles. The Labute approximate surface area is 105 Å². The van der Waals surface area contributed by atoms with Crippen molar-refractivity contribution in [2.75, 3.05) is 13.2 Å². The maximum Gasteiger partial charge on any atom is 0.137 e. The molecule has 0 N–H and O–H groups in total. The SMILES string of the molecule is CCc1c(Cl)nc(C2CCCOC2)nc1Cl. The molecule has 1 atom stereocenters. The maximum absolute atomic E-state index is 6.08. The molecule has 0 bridgehead atoms. The van der Waals surface area contributed by atoms with Crippen LogP contribution in [0.25, 0.3) is 0 Å². The lowest BCUT2D eigenvalue weighted by Crippen LogP contribution is -2.18. The molecule has 0 amide bonds. The number of hydrogen-bond acceptors (Lipinski definition) is 3. The number of halogens is 2. The van der Waals surface area contributed by atoms with Gasteiger partial charge in [0.25, 0.3) is 0 Å². The summed E-state index contributed by atoms with van der Waals surface area (Å²) in [5, 5.41) is 0.950. The molecule has 0 spiro atoms. The van der Waals surface area contributed by atoms with Gasteiger partial charge in [0, 0.05) is 18.1 Å². The van der Waals surface area contributed by atoms with Gasteiger partial charge in [0.2, 0.25) is 0 Å². The highest BCUT2D eigenvalue weighted by atomic mass is 35.5. The quantitative estimate of drug-likeness (QED) is 0.766. The minimum absolute atomic E-state index is 0.231. The van der Waals surface area contributed by atoms with E-state index in [4.69, 9.17) is 27.9 Å². The third-order valence-electron chi connectivity index (χ3n) is 2.80.